The van der Waals surface area contributed by atoms with E-state index in [9.17, 15) is 18.0 Å². The number of para-hydroxylation sites is 1. The number of hydrogen-bond donors (Lipinski definition) is 1. The molecule has 10 heteroatoms. The molecule has 0 atom stereocenters. The number of benzene rings is 3. The molecule has 0 aromatic heterocycles. The highest BCUT2D eigenvalue weighted by molar-refractivity contribution is 7.92. The van der Waals surface area contributed by atoms with Crippen LogP contribution in [-0.4, -0.2) is 40.2 Å². The fourth-order valence-corrected chi connectivity index (χ4v) is 4.83. The Morgan fingerprint density at radius 2 is 1.77 bits per heavy atom. The van der Waals surface area contributed by atoms with E-state index in [-0.39, 0.29) is 23.8 Å². The molecule has 1 N–H and O–H groups in total. The fraction of sp³-hybridized carbons (Fsp3) is 0.120. The second-order valence-electron chi connectivity index (χ2n) is 7.38. The van der Waals surface area contributed by atoms with Crippen LogP contribution in [0.25, 0.3) is 0 Å². The predicted octanol–water partition coefficient (Wildman–Crippen LogP) is 3.59. The number of esters is 1. The molecule has 3 aromatic rings. The van der Waals surface area contributed by atoms with Crippen molar-refractivity contribution in [2.24, 2.45) is 0 Å². The summed E-state index contributed by atoms with van der Waals surface area (Å²) in [5.41, 5.74) is 0.903. The molecule has 0 bridgehead atoms. The summed E-state index contributed by atoms with van der Waals surface area (Å²) >= 11 is 0. The third kappa shape index (κ3) is 5.44. The Bertz CT molecular complexity index is 1360. The first-order valence-corrected chi connectivity index (χ1v) is 12.0. The highest BCUT2D eigenvalue weighted by Gasteiger charge is 2.25. The lowest BCUT2D eigenvalue weighted by molar-refractivity contribution is -0.119. The van der Waals surface area contributed by atoms with E-state index in [2.05, 4.69) is 11.9 Å². The molecule has 1 aliphatic rings. The normalized spacial score (nSPS) is 12.0. The zero-order valence-electron chi connectivity index (χ0n) is 18.5. The standard InChI is InChI=1S/C25H22N2O7S/c1-2-13-27(20-8-4-3-5-9-20)35(30,31)21-10-6-7-18(14-21)25(29)32-16-24(28)26-19-11-12-22-23(15-19)34-17-33-22/h2-12,14-15H,1,13,16-17H2,(H,26,28). The Balaban J connectivity index is 1.43. The zero-order valence-corrected chi connectivity index (χ0v) is 19.4. The Kier molecular flexibility index (Phi) is 7.02. The average Bonchev–Trinajstić information content (AvgIpc) is 3.34. The van der Waals surface area contributed by atoms with Crippen LogP contribution in [0.1, 0.15) is 10.4 Å². The number of nitrogens with zero attached hydrogens (tertiary/aromatic N) is 1. The molecular weight excluding hydrogens is 472 g/mol. The molecular formula is C25H22N2O7S. The number of sulfonamides is 1. The van der Waals surface area contributed by atoms with Gasteiger partial charge in [0.25, 0.3) is 15.9 Å². The van der Waals surface area contributed by atoms with Crippen molar-refractivity contribution in [3.8, 4) is 11.5 Å². The first-order valence-electron chi connectivity index (χ1n) is 10.5. The maximum Gasteiger partial charge on any atom is 0.338 e. The Morgan fingerprint density at radius 3 is 2.54 bits per heavy atom. The summed E-state index contributed by atoms with van der Waals surface area (Å²) < 4.78 is 43.3. The molecule has 0 radical (unpaired) electrons. The van der Waals surface area contributed by atoms with Gasteiger partial charge in [-0.25, -0.2) is 13.2 Å². The van der Waals surface area contributed by atoms with E-state index in [1.165, 1.54) is 34.6 Å². The summed E-state index contributed by atoms with van der Waals surface area (Å²) in [4.78, 5) is 24.7. The third-order valence-electron chi connectivity index (χ3n) is 4.99. The molecule has 0 saturated heterocycles. The van der Waals surface area contributed by atoms with E-state index < -0.39 is 28.5 Å². The van der Waals surface area contributed by atoms with Gasteiger partial charge in [0.2, 0.25) is 6.79 Å². The van der Waals surface area contributed by atoms with E-state index in [0.717, 1.165) is 0 Å². The largest absolute Gasteiger partial charge is 0.454 e. The maximum absolute atomic E-state index is 13.3. The van der Waals surface area contributed by atoms with Gasteiger partial charge < -0.3 is 19.5 Å². The molecule has 0 saturated carbocycles. The van der Waals surface area contributed by atoms with Crippen molar-refractivity contribution in [2.75, 3.05) is 29.6 Å². The van der Waals surface area contributed by atoms with Crippen molar-refractivity contribution < 1.29 is 32.2 Å². The highest BCUT2D eigenvalue weighted by Crippen LogP contribution is 2.34. The van der Waals surface area contributed by atoms with Crippen molar-refractivity contribution in [3.05, 3.63) is 91.0 Å². The SMILES string of the molecule is C=CCN(c1ccccc1)S(=O)(=O)c1cccc(C(=O)OCC(=O)Nc2ccc3c(c2)OCO3)c1. The maximum atomic E-state index is 13.3. The molecule has 0 fully saturated rings. The minimum Gasteiger partial charge on any atom is -0.454 e. The number of nitrogens with one attached hydrogen (secondary N) is 1. The number of rotatable bonds is 9. The van der Waals surface area contributed by atoms with Crippen LogP contribution < -0.4 is 19.1 Å². The molecule has 4 rings (SSSR count). The fourth-order valence-electron chi connectivity index (χ4n) is 3.35. The summed E-state index contributed by atoms with van der Waals surface area (Å²) in [5, 5.41) is 2.60. The number of ether oxygens (including phenoxy) is 3. The monoisotopic (exact) mass is 494 g/mol. The van der Waals surface area contributed by atoms with E-state index in [1.807, 2.05) is 0 Å². The van der Waals surface area contributed by atoms with Crippen molar-refractivity contribution in [3.63, 3.8) is 0 Å². The van der Waals surface area contributed by atoms with E-state index in [4.69, 9.17) is 14.2 Å². The van der Waals surface area contributed by atoms with Gasteiger partial charge in [0.15, 0.2) is 18.1 Å². The minimum absolute atomic E-state index is 0.00595. The van der Waals surface area contributed by atoms with Gasteiger partial charge in [-0.2, -0.15) is 0 Å². The van der Waals surface area contributed by atoms with Crippen LogP contribution in [0.5, 0.6) is 11.5 Å². The lowest BCUT2D eigenvalue weighted by atomic mass is 10.2. The lowest BCUT2D eigenvalue weighted by Gasteiger charge is -2.23. The Hall–Kier alpha value is -4.31. The number of hydrogen-bond acceptors (Lipinski definition) is 7. The Labute approximate surface area is 202 Å². The van der Waals surface area contributed by atoms with Crippen molar-refractivity contribution in [1.29, 1.82) is 0 Å². The van der Waals surface area contributed by atoms with Gasteiger partial charge in [0.05, 0.1) is 22.7 Å². The van der Waals surface area contributed by atoms with E-state index >= 15 is 0 Å². The van der Waals surface area contributed by atoms with Gasteiger partial charge in [0.1, 0.15) is 0 Å². The molecule has 9 nitrogen and oxygen atoms in total. The minimum atomic E-state index is -4.00. The number of amides is 1. The van der Waals surface area contributed by atoms with Gasteiger partial charge in [-0.15, -0.1) is 6.58 Å². The van der Waals surface area contributed by atoms with Gasteiger partial charge in [0, 0.05) is 11.8 Å². The summed E-state index contributed by atoms with van der Waals surface area (Å²) in [7, 11) is -4.00. The first kappa shape index (κ1) is 23.8. The molecule has 180 valence electrons. The molecule has 0 spiro atoms. The van der Waals surface area contributed by atoms with Crippen LogP contribution in [0.15, 0.2) is 90.3 Å². The van der Waals surface area contributed by atoms with Gasteiger partial charge in [-0.3, -0.25) is 9.10 Å². The highest BCUT2D eigenvalue weighted by atomic mass is 32.2. The summed E-state index contributed by atoms with van der Waals surface area (Å²) in [5.74, 6) is -0.331. The molecule has 0 unspecified atom stereocenters. The van der Waals surface area contributed by atoms with Gasteiger partial charge >= 0.3 is 5.97 Å². The quantitative estimate of drug-likeness (QED) is 0.357. The zero-order chi connectivity index (χ0) is 24.8. The van der Waals surface area contributed by atoms with Crippen LogP contribution in [0.4, 0.5) is 11.4 Å². The number of fused-ring (bicyclic) bond motifs is 1. The molecule has 35 heavy (non-hydrogen) atoms. The van der Waals surface area contributed by atoms with Crippen LogP contribution in [0.2, 0.25) is 0 Å². The van der Waals surface area contributed by atoms with Crippen molar-refractivity contribution >= 4 is 33.3 Å². The molecule has 3 aromatic carbocycles. The number of carbonyl (C=O) groups is 2. The topological polar surface area (TPSA) is 111 Å². The number of carbonyl (C=O) groups excluding carboxylic acids is 2. The summed E-state index contributed by atoms with van der Waals surface area (Å²) in [6, 6.07) is 18.9. The van der Waals surface area contributed by atoms with E-state index in [1.54, 1.807) is 48.5 Å². The van der Waals surface area contributed by atoms with Crippen molar-refractivity contribution in [1.82, 2.24) is 0 Å². The van der Waals surface area contributed by atoms with Gasteiger partial charge in [-0.1, -0.05) is 30.3 Å². The van der Waals surface area contributed by atoms with Gasteiger partial charge in [-0.05, 0) is 42.5 Å². The third-order valence-corrected chi connectivity index (χ3v) is 6.78. The second-order valence-corrected chi connectivity index (χ2v) is 9.24. The van der Waals surface area contributed by atoms with Crippen LogP contribution >= 0.6 is 0 Å². The molecule has 1 aliphatic heterocycles. The van der Waals surface area contributed by atoms with Crippen molar-refractivity contribution in [2.45, 2.75) is 4.90 Å². The molecule has 0 aliphatic carbocycles. The van der Waals surface area contributed by atoms with Crippen LogP contribution in [0.3, 0.4) is 0 Å². The lowest BCUT2D eigenvalue weighted by Crippen LogP contribution is -2.31. The Morgan fingerprint density at radius 1 is 1.00 bits per heavy atom. The summed E-state index contributed by atoms with van der Waals surface area (Å²) in [6.07, 6.45) is 1.47. The first-order chi connectivity index (χ1) is 16.9. The second kappa shape index (κ2) is 10.3. The summed E-state index contributed by atoms with van der Waals surface area (Å²) in [6.45, 7) is 3.23. The average molecular weight is 495 g/mol. The predicted molar refractivity (Wildman–Crippen MR) is 129 cm³/mol. The van der Waals surface area contributed by atoms with Crippen LogP contribution in [-0.2, 0) is 19.6 Å². The molecule has 1 heterocycles. The van der Waals surface area contributed by atoms with E-state index in [0.29, 0.717) is 22.9 Å². The number of anilines is 2. The van der Waals surface area contributed by atoms with Crippen LogP contribution in [0, 0.1) is 0 Å². The molecule has 1 amide bonds. The smallest absolute Gasteiger partial charge is 0.338 e.